The first-order valence-corrected chi connectivity index (χ1v) is 4.67. The Morgan fingerprint density at radius 1 is 1.38 bits per heavy atom. The van der Waals surface area contributed by atoms with Gasteiger partial charge in [-0.15, -0.1) is 0 Å². The first-order valence-electron chi connectivity index (χ1n) is 4.67. The molecule has 2 rings (SSSR count). The summed E-state index contributed by atoms with van der Waals surface area (Å²) in [6.45, 7) is 4.32. The molecule has 0 bridgehead atoms. The Morgan fingerprint density at radius 2 is 2.15 bits per heavy atom. The van der Waals surface area contributed by atoms with Gasteiger partial charge < -0.3 is 10.1 Å². The molecule has 0 radical (unpaired) electrons. The van der Waals surface area contributed by atoms with E-state index in [-0.39, 0.29) is 0 Å². The molecule has 0 spiro atoms. The van der Waals surface area contributed by atoms with Crippen molar-refractivity contribution in [3.63, 3.8) is 0 Å². The van der Waals surface area contributed by atoms with Gasteiger partial charge in [0.05, 0.1) is 7.11 Å². The maximum atomic E-state index is 5.36. The zero-order chi connectivity index (χ0) is 9.26. The van der Waals surface area contributed by atoms with E-state index in [9.17, 15) is 0 Å². The molecule has 13 heavy (non-hydrogen) atoms. The molecule has 1 N–H and O–H groups in total. The minimum Gasteiger partial charge on any atom is -0.496 e. The largest absolute Gasteiger partial charge is 0.496 e. The zero-order valence-corrected chi connectivity index (χ0v) is 8.13. The van der Waals surface area contributed by atoms with Crippen LogP contribution in [0, 0.1) is 6.92 Å². The van der Waals surface area contributed by atoms with Gasteiger partial charge in [-0.25, -0.2) is 0 Å². The normalized spacial score (nSPS) is 16.8. The van der Waals surface area contributed by atoms with Crippen LogP contribution in [0.15, 0.2) is 18.2 Å². The molecule has 0 unspecified atom stereocenters. The third kappa shape index (κ3) is 1.42. The fourth-order valence-electron chi connectivity index (χ4n) is 1.85. The van der Waals surface area contributed by atoms with E-state index in [1.165, 1.54) is 11.1 Å². The Labute approximate surface area is 78.9 Å². The molecule has 0 aromatic heterocycles. The molecule has 1 heterocycles. The van der Waals surface area contributed by atoms with Crippen molar-refractivity contribution >= 4 is 0 Å². The van der Waals surface area contributed by atoms with Crippen LogP contribution in [-0.4, -0.2) is 20.2 Å². The second-order valence-corrected chi connectivity index (χ2v) is 3.55. The minimum atomic E-state index is 0.649. The molecule has 0 atom stereocenters. The highest BCUT2D eigenvalue weighted by molar-refractivity contribution is 5.43. The van der Waals surface area contributed by atoms with Crippen molar-refractivity contribution in [3.8, 4) is 5.75 Å². The van der Waals surface area contributed by atoms with Crippen LogP contribution < -0.4 is 10.1 Å². The Morgan fingerprint density at radius 3 is 2.69 bits per heavy atom. The summed E-state index contributed by atoms with van der Waals surface area (Å²) in [7, 11) is 1.74. The highest BCUT2D eigenvalue weighted by atomic mass is 16.5. The number of nitrogens with one attached hydrogen (secondary N) is 1. The molecule has 1 aromatic carbocycles. The summed E-state index contributed by atoms with van der Waals surface area (Å²) in [4.78, 5) is 0. The van der Waals surface area contributed by atoms with Crippen molar-refractivity contribution in [3.05, 3.63) is 29.3 Å². The lowest BCUT2D eigenvalue weighted by Gasteiger charge is -2.30. The summed E-state index contributed by atoms with van der Waals surface area (Å²) in [6.07, 6.45) is 0. The minimum absolute atomic E-state index is 0.649. The van der Waals surface area contributed by atoms with Crippen molar-refractivity contribution in [1.82, 2.24) is 5.32 Å². The maximum absolute atomic E-state index is 5.36. The van der Waals surface area contributed by atoms with Crippen LogP contribution in [0.5, 0.6) is 5.75 Å². The fourth-order valence-corrected chi connectivity index (χ4v) is 1.85. The molecule has 1 saturated heterocycles. The fraction of sp³-hybridized carbons (Fsp3) is 0.455. The summed E-state index contributed by atoms with van der Waals surface area (Å²) < 4.78 is 5.36. The molecular weight excluding hydrogens is 162 g/mol. The second kappa shape index (κ2) is 3.38. The van der Waals surface area contributed by atoms with Gasteiger partial charge in [-0.3, -0.25) is 0 Å². The molecule has 1 aliphatic heterocycles. The molecular formula is C11H15NO. The Kier molecular flexibility index (Phi) is 2.23. The van der Waals surface area contributed by atoms with E-state index in [2.05, 4.69) is 18.3 Å². The average molecular weight is 177 g/mol. The van der Waals surface area contributed by atoms with E-state index < -0.39 is 0 Å². The quantitative estimate of drug-likeness (QED) is 0.742. The molecule has 1 fully saturated rings. The van der Waals surface area contributed by atoms with Gasteiger partial charge in [-0.2, -0.15) is 0 Å². The maximum Gasteiger partial charge on any atom is 0.122 e. The molecule has 1 aliphatic rings. The van der Waals surface area contributed by atoms with Crippen LogP contribution in [0.25, 0.3) is 0 Å². The SMILES string of the molecule is COc1cccc(C)c1C1CNC1. The van der Waals surface area contributed by atoms with Crippen LogP contribution >= 0.6 is 0 Å². The summed E-state index contributed by atoms with van der Waals surface area (Å²) >= 11 is 0. The molecule has 2 heteroatoms. The number of methoxy groups -OCH3 is 1. The van der Waals surface area contributed by atoms with Crippen LogP contribution in [0.4, 0.5) is 0 Å². The molecule has 0 amide bonds. The summed E-state index contributed by atoms with van der Waals surface area (Å²) in [5.74, 6) is 1.68. The number of ether oxygens (including phenoxy) is 1. The smallest absolute Gasteiger partial charge is 0.122 e. The van der Waals surface area contributed by atoms with Gasteiger partial charge >= 0.3 is 0 Å². The Balaban J connectivity index is 2.39. The van der Waals surface area contributed by atoms with E-state index in [0.29, 0.717) is 5.92 Å². The summed E-state index contributed by atoms with van der Waals surface area (Å²) in [6, 6.07) is 6.24. The number of aryl methyl sites for hydroxylation is 1. The van der Waals surface area contributed by atoms with Gasteiger partial charge in [0.25, 0.3) is 0 Å². The van der Waals surface area contributed by atoms with Gasteiger partial charge in [-0.05, 0) is 18.6 Å². The Bertz CT molecular complexity index is 305. The highest BCUT2D eigenvalue weighted by Crippen LogP contribution is 2.31. The van der Waals surface area contributed by atoms with E-state index >= 15 is 0 Å². The highest BCUT2D eigenvalue weighted by Gasteiger charge is 2.23. The van der Waals surface area contributed by atoms with Crippen LogP contribution in [0.2, 0.25) is 0 Å². The summed E-state index contributed by atoms with van der Waals surface area (Å²) in [5.41, 5.74) is 2.72. The van der Waals surface area contributed by atoms with Gasteiger partial charge in [0.1, 0.15) is 5.75 Å². The van der Waals surface area contributed by atoms with Crippen molar-refractivity contribution in [1.29, 1.82) is 0 Å². The van der Waals surface area contributed by atoms with E-state index in [1.807, 2.05) is 12.1 Å². The third-order valence-corrected chi connectivity index (χ3v) is 2.69. The van der Waals surface area contributed by atoms with E-state index in [4.69, 9.17) is 4.74 Å². The van der Waals surface area contributed by atoms with Gasteiger partial charge in [0.15, 0.2) is 0 Å². The predicted molar refractivity (Wildman–Crippen MR) is 53.3 cm³/mol. The predicted octanol–water partition coefficient (Wildman–Crippen LogP) is 1.69. The first kappa shape index (κ1) is 8.57. The molecule has 70 valence electrons. The molecule has 0 saturated carbocycles. The van der Waals surface area contributed by atoms with Gasteiger partial charge in [-0.1, -0.05) is 12.1 Å². The molecule has 0 aliphatic carbocycles. The van der Waals surface area contributed by atoms with Crippen molar-refractivity contribution in [2.24, 2.45) is 0 Å². The van der Waals surface area contributed by atoms with Crippen LogP contribution in [0.1, 0.15) is 17.0 Å². The number of benzene rings is 1. The van der Waals surface area contributed by atoms with Crippen LogP contribution in [-0.2, 0) is 0 Å². The summed E-state index contributed by atoms with van der Waals surface area (Å²) in [5, 5.41) is 3.28. The van der Waals surface area contributed by atoms with Crippen molar-refractivity contribution < 1.29 is 4.74 Å². The zero-order valence-electron chi connectivity index (χ0n) is 8.13. The lowest BCUT2D eigenvalue weighted by Crippen LogP contribution is -2.40. The molecule has 1 aromatic rings. The Hall–Kier alpha value is -1.02. The number of hydrogen-bond donors (Lipinski definition) is 1. The molecule has 2 nitrogen and oxygen atoms in total. The number of rotatable bonds is 2. The van der Waals surface area contributed by atoms with Gasteiger partial charge in [0, 0.05) is 24.6 Å². The second-order valence-electron chi connectivity index (χ2n) is 3.55. The van der Waals surface area contributed by atoms with E-state index in [0.717, 1.165) is 18.8 Å². The van der Waals surface area contributed by atoms with Crippen LogP contribution in [0.3, 0.4) is 0 Å². The van der Waals surface area contributed by atoms with Crippen molar-refractivity contribution in [2.75, 3.05) is 20.2 Å². The van der Waals surface area contributed by atoms with Gasteiger partial charge in [0.2, 0.25) is 0 Å². The third-order valence-electron chi connectivity index (χ3n) is 2.69. The van der Waals surface area contributed by atoms with E-state index in [1.54, 1.807) is 7.11 Å². The number of hydrogen-bond acceptors (Lipinski definition) is 2. The van der Waals surface area contributed by atoms with Crippen molar-refractivity contribution in [2.45, 2.75) is 12.8 Å². The lowest BCUT2D eigenvalue weighted by atomic mass is 9.89. The average Bonchev–Trinajstić information content (AvgIpc) is 2.05. The topological polar surface area (TPSA) is 21.3 Å². The first-order chi connectivity index (χ1) is 6.33. The standard InChI is InChI=1S/C11H15NO/c1-8-4-3-5-10(13-2)11(8)9-6-12-7-9/h3-5,9,12H,6-7H2,1-2H3. The lowest BCUT2D eigenvalue weighted by molar-refractivity contribution is 0.384. The monoisotopic (exact) mass is 177 g/mol.